The first-order chi connectivity index (χ1) is 10.4. The lowest BCUT2D eigenvalue weighted by Gasteiger charge is -2.30. The fourth-order valence-electron chi connectivity index (χ4n) is 2.73. The minimum atomic E-state index is -3.57. The number of nitrogens with zero attached hydrogens (tertiary/aromatic N) is 1. The number of nitrogens with one attached hydrogen (secondary N) is 1. The molecule has 124 valence electrons. The van der Waals surface area contributed by atoms with Gasteiger partial charge in [0.25, 0.3) is 10.2 Å². The van der Waals surface area contributed by atoms with Gasteiger partial charge in [-0.3, -0.25) is 0 Å². The molecule has 1 saturated carbocycles. The maximum absolute atomic E-state index is 12.3. The van der Waals surface area contributed by atoms with E-state index in [0.29, 0.717) is 10.6 Å². The minimum absolute atomic E-state index is 0.0545. The van der Waals surface area contributed by atoms with E-state index >= 15 is 0 Å². The molecule has 1 atom stereocenters. The molecule has 0 bridgehead atoms. The fraction of sp³-hybridized carbons (Fsp3) is 0.600. The number of rotatable bonds is 6. The summed E-state index contributed by atoms with van der Waals surface area (Å²) in [6, 6.07) is 6.77. The zero-order valence-corrected chi connectivity index (χ0v) is 14.3. The number of benzene rings is 1. The van der Waals surface area contributed by atoms with Crippen LogP contribution in [0.15, 0.2) is 24.3 Å². The van der Waals surface area contributed by atoms with Gasteiger partial charge in [0.1, 0.15) is 0 Å². The summed E-state index contributed by atoms with van der Waals surface area (Å²) in [7, 11) is -1.97. The summed E-state index contributed by atoms with van der Waals surface area (Å²) < 4.78 is 28.5. The summed E-state index contributed by atoms with van der Waals surface area (Å²) in [5.74, 6) is 0. The first kappa shape index (κ1) is 17.7. The summed E-state index contributed by atoms with van der Waals surface area (Å²) in [5.41, 5.74) is 0.632. The molecule has 5 nitrogen and oxygen atoms in total. The van der Waals surface area contributed by atoms with Crippen LogP contribution >= 0.6 is 11.6 Å². The van der Waals surface area contributed by atoms with Gasteiger partial charge in [-0.1, -0.05) is 43.0 Å². The molecule has 2 N–H and O–H groups in total. The summed E-state index contributed by atoms with van der Waals surface area (Å²) in [6.45, 7) is -0.0545. The Morgan fingerprint density at radius 2 is 1.86 bits per heavy atom. The quantitative estimate of drug-likeness (QED) is 0.831. The first-order valence-electron chi connectivity index (χ1n) is 7.56. The highest BCUT2D eigenvalue weighted by Gasteiger charge is 2.27. The van der Waals surface area contributed by atoms with Crippen LogP contribution in [0.5, 0.6) is 0 Å². The second kappa shape index (κ2) is 7.75. The minimum Gasteiger partial charge on any atom is -0.387 e. The summed E-state index contributed by atoms with van der Waals surface area (Å²) in [4.78, 5) is 0. The molecule has 0 saturated heterocycles. The van der Waals surface area contributed by atoms with Crippen molar-refractivity contribution in [2.75, 3.05) is 13.6 Å². The molecule has 0 radical (unpaired) electrons. The number of halogens is 1. The smallest absolute Gasteiger partial charge is 0.279 e. The summed E-state index contributed by atoms with van der Waals surface area (Å²) >= 11 is 5.79. The predicted octanol–water partition coefficient (Wildman–Crippen LogP) is 2.47. The Morgan fingerprint density at radius 1 is 1.27 bits per heavy atom. The van der Waals surface area contributed by atoms with E-state index in [1.165, 1.54) is 10.7 Å². The van der Waals surface area contributed by atoms with Crippen LogP contribution in [0.3, 0.4) is 0 Å². The van der Waals surface area contributed by atoms with Crippen molar-refractivity contribution in [1.82, 2.24) is 9.03 Å². The lowest BCUT2D eigenvalue weighted by atomic mass is 9.96. The van der Waals surface area contributed by atoms with Gasteiger partial charge in [0.2, 0.25) is 0 Å². The van der Waals surface area contributed by atoms with Crippen molar-refractivity contribution in [3.63, 3.8) is 0 Å². The van der Waals surface area contributed by atoms with Gasteiger partial charge in [0.15, 0.2) is 0 Å². The monoisotopic (exact) mass is 346 g/mol. The molecular formula is C15H23ClN2O3S. The molecule has 1 fully saturated rings. The Bertz CT molecular complexity index is 571. The Labute approximate surface area is 137 Å². The van der Waals surface area contributed by atoms with Gasteiger partial charge in [-0.05, 0) is 30.5 Å². The maximum Gasteiger partial charge on any atom is 0.279 e. The van der Waals surface area contributed by atoms with E-state index in [2.05, 4.69) is 4.72 Å². The number of hydrogen-bond donors (Lipinski definition) is 2. The molecule has 22 heavy (non-hydrogen) atoms. The number of aliphatic hydroxyl groups is 1. The average molecular weight is 347 g/mol. The van der Waals surface area contributed by atoms with Crippen LogP contribution in [0.1, 0.15) is 43.8 Å². The number of aliphatic hydroxyl groups excluding tert-OH is 1. The van der Waals surface area contributed by atoms with Crippen molar-refractivity contribution in [2.24, 2.45) is 0 Å². The molecule has 0 heterocycles. The Kier molecular flexibility index (Phi) is 6.23. The van der Waals surface area contributed by atoms with Crippen LogP contribution in [0.4, 0.5) is 0 Å². The van der Waals surface area contributed by atoms with E-state index in [-0.39, 0.29) is 12.6 Å². The normalized spacial score (nSPS) is 18.5. The predicted molar refractivity (Wildman–Crippen MR) is 88.0 cm³/mol. The molecule has 0 amide bonds. The SMILES string of the molecule is CN(C1CCCCC1)S(=O)(=O)NCC(O)c1ccc(Cl)cc1. The van der Waals surface area contributed by atoms with E-state index in [0.717, 1.165) is 25.7 Å². The van der Waals surface area contributed by atoms with Crippen LogP contribution in [0.2, 0.25) is 5.02 Å². The lowest BCUT2D eigenvalue weighted by Crippen LogP contribution is -2.45. The van der Waals surface area contributed by atoms with Crippen molar-refractivity contribution < 1.29 is 13.5 Å². The van der Waals surface area contributed by atoms with E-state index in [4.69, 9.17) is 11.6 Å². The average Bonchev–Trinajstić information content (AvgIpc) is 2.53. The Hall–Kier alpha value is -0.660. The zero-order chi connectivity index (χ0) is 16.2. The third kappa shape index (κ3) is 4.67. The molecular weight excluding hydrogens is 324 g/mol. The summed E-state index contributed by atoms with van der Waals surface area (Å²) in [6.07, 6.45) is 4.21. The highest BCUT2D eigenvalue weighted by Crippen LogP contribution is 2.23. The topological polar surface area (TPSA) is 69.6 Å². The maximum atomic E-state index is 12.3. The summed E-state index contributed by atoms with van der Waals surface area (Å²) in [5, 5.41) is 10.7. The van der Waals surface area contributed by atoms with Gasteiger partial charge in [0, 0.05) is 24.7 Å². The van der Waals surface area contributed by atoms with E-state index in [1.807, 2.05) is 0 Å². The van der Waals surface area contributed by atoms with Gasteiger partial charge in [-0.2, -0.15) is 17.4 Å². The van der Waals surface area contributed by atoms with Gasteiger partial charge >= 0.3 is 0 Å². The van der Waals surface area contributed by atoms with E-state index < -0.39 is 16.3 Å². The standard InChI is InChI=1S/C15H23ClN2O3S/c1-18(14-5-3-2-4-6-14)22(20,21)17-11-15(19)12-7-9-13(16)10-8-12/h7-10,14-15,17,19H,2-6,11H2,1H3. The molecule has 1 aromatic carbocycles. The van der Waals surface area contributed by atoms with Gasteiger partial charge < -0.3 is 5.11 Å². The van der Waals surface area contributed by atoms with Crippen molar-refractivity contribution in [1.29, 1.82) is 0 Å². The Balaban J connectivity index is 1.92. The van der Waals surface area contributed by atoms with Crippen LogP contribution in [0.25, 0.3) is 0 Å². The lowest BCUT2D eigenvalue weighted by molar-refractivity contribution is 0.180. The fourth-order valence-corrected chi connectivity index (χ4v) is 4.03. The van der Waals surface area contributed by atoms with Gasteiger partial charge in [-0.25, -0.2) is 0 Å². The van der Waals surface area contributed by atoms with Crippen LogP contribution in [-0.4, -0.2) is 37.5 Å². The van der Waals surface area contributed by atoms with Gasteiger partial charge in [-0.15, -0.1) is 0 Å². The molecule has 1 unspecified atom stereocenters. The third-order valence-electron chi connectivity index (χ3n) is 4.18. The van der Waals surface area contributed by atoms with Crippen molar-refractivity contribution in [3.8, 4) is 0 Å². The Morgan fingerprint density at radius 3 is 2.45 bits per heavy atom. The van der Waals surface area contributed by atoms with E-state index in [1.54, 1.807) is 31.3 Å². The highest BCUT2D eigenvalue weighted by atomic mass is 35.5. The number of hydrogen-bond acceptors (Lipinski definition) is 3. The van der Waals surface area contributed by atoms with Crippen molar-refractivity contribution in [3.05, 3.63) is 34.9 Å². The third-order valence-corrected chi connectivity index (χ3v) is 6.02. The van der Waals surface area contributed by atoms with Crippen molar-refractivity contribution in [2.45, 2.75) is 44.2 Å². The molecule has 1 aliphatic carbocycles. The molecule has 1 aliphatic rings. The molecule has 0 aliphatic heterocycles. The van der Waals surface area contributed by atoms with Crippen LogP contribution < -0.4 is 4.72 Å². The molecule has 1 aromatic rings. The first-order valence-corrected chi connectivity index (χ1v) is 9.38. The molecule has 0 spiro atoms. The zero-order valence-electron chi connectivity index (χ0n) is 12.7. The molecule has 7 heteroatoms. The second-order valence-electron chi connectivity index (χ2n) is 5.73. The van der Waals surface area contributed by atoms with Crippen molar-refractivity contribution >= 4 is 21.8 Å². The van der Waals surface area contributed by atoms with Gasteiger partial charge in [0.05, 0.1) is 6.10 Å². The van der Waals surface area contributed by atoms with Crippen LogP contribution in [0, 0.1) is 0 Å². The molecule has 2 rings (SSSR count). The largest absolute Gasteiger partial charge is 0.387 e. The molecule has 0 aromatic heterocycles. The second-order valence-corrected chi connectivity index (χ2v) is 7.98. The van der Waals surface area contributed by atoms with Crippen LogP contribution in [-0.2, 0) is 10.2 Å². The van der Waals surface area contributed by atoms with E-state index in [9.17, 15) is 13.5 Å². The highest BCUT2D eigenvalue weighted by molar-refractivity contribution is 7.87.